The summed E-state index contributed by atoms with van der Waals surface area (Å²) in [5.74, 6) is -1.46. The Hall–Kier alpha value is -2.94. The van der Waals surface area contributed by atoms with Crippen molar-refractivity contribution in [1.82, 2.24) is 5.32 Å². The van der Waals surface area contributed by atoms with Crippen LogP contribution in [0.1, 0.15) is 18.9 Å². The van der Waals surface area contributed by atoms with Gasteiger partial charge in [0.15, 0.2) is 0 Å². The number of carboxylic acid groups (broad SMARTS) is 1. The standard InChI is InChI=1S/C19H23N3O6/c1-10(2)13-9-20-17(19(24)25)12(13)8-16(23)21-7-6-11-15(28-3)5-4-14(18(11)21)22(26)27/h4-5,12-13,17,20H,1,6-9H2,2-3H3,(H,24,25). The molecule has 1 aromatic rings. The van der Waals surface area contributed by atoms with Gasteiger partial charge in [0.2, 0.25) is 5.91 Å². The van der Waals surface area contributed by atoms with Gasteiger partial charge < -0.3 is 20.1 Å². The highest BCUT2D eigenvalue weighted by molar-refractivity contribution is 5.99. The number of carbonyl (C=O) groups is 2. The number of aliphatic carboxylic acids is 1. The molecule has 9 heteroatoms. The average Bonchev–Trinajstić information content (AvgIpc) is 3.25. The van der Waals surface area contributed by atoms with Gasteiger partial charge in [0, 0.05) is 37.1 Å². The molecule has 3 rings (SSSR count). The van der Waals surface area contributed by atoms with Gasteiger partial charge in [-0.25, -0.2) is 0 Å². The molecule has 0 radical (unpaired) electrons. The monoisotopic (exact) mass is 389 g/mol. The number of benzene rings is 1. The molecular weight excluding hydrogens is 366 g/mol. The van der Waals surface area contributed by atoms with E-state index in [-0.39, 0.29) is 29.6 Å². The summed E-state index contributed by atoms with van der Waals surface area (Å²) in [6.07, 6.45) is 0.413. The topological polar surface area (TPSA) is 122 Å². The molecule has 0 aromatic heterocycles. The molecule has 3 atom stereocenters. The summed E-state index contributed by atoms with van der Waals surface area (Å²) in [5.41, 5.74) is 1.53. The summed E-state index contributed by atoms with van der Waals surface area (Å²) in [5, 5.41) is 23.9. The normalized spacial score (nSPS) is 23.4. The van der Waals surface area contributed by atoms with Crippen molar-refractivity contribution >= 4 is 23.3 Å². The second-order valence-electron chi connectivity index (χ2n) is 7.21. The van der Waals surface area contributed by atoms with Gasteiger partial charge >= 0.3 is 5.97 Å². The van der Waals surface area contributed by atoms with Crippen molar-refractivity contribution in [3.63, 3.8) is 0 Å². The number of nitrogens with one attached hydrogen (secondary N) is 1. The molecule has 2 heterocycles. The molecule has 0 spiro atoms. The lowest BCUT2D eigenvalue weighted by molar-refractivity contribution is -0.384. The Bertz CT molecular complexity index is 830. The first kappa shape index (κ1) is 19.8. The largest absolute Gasteiger partial charge is 0.496 e. The highest BCUT2D eigenvalue weighted by Gasteiger charge is 2.43. The van der Waals surface area contributed by atoms with Crippen LogP contribution in [-0.2, 0) is 16.0 Å². The third kappa shape index (κ3) is 3.33. The average molecular weight is 389 g/mol. The number of amides is 1. The predicted octanol–water partition coefficient (Wildman–Crippen LogP) is 1.75. The first-order valence-electron chi connectivity index (χ1n) is 9.02. The van der Waals surface area contributed by atoms with Gasteiger partial charge in [-0.2, -0.15) is 0 Å². The van der Waals surface area contributed by atoms with Crippen LogP contribution in [0, 0.1) is 22.0 Å². The fourth-order valence-corrected chi connectivity index (χ4v) is 4.24. The Morgan fingerprint density at radius 3 is 2.75 bits per heavy atom. The molecule has 1 amide bonds. The highest BCUT2D eigenvalue weighted by atomic mass is 16.6. The second-order valence-corrected chi connectivity index (χ2v) is 7.21. The minimum absolute atomic E-state index is 0.0324. The van der Waals surface area contributed by atoms with Crippen LogP contribution in [0.2, 0.25) is 0 Å². The van der Waals surface area contributed by atoms with E-state index in [1.807, 2.05) is 6.92 Å². The molecule has 2 aliphatic heterocycles. The summed E-state index contributed by atoms with van der Waals surface area (Å²) in [7, 11) is 1.48. The molecular formula is C19H23N3O6. The maximum absolute atomic E-state index is 13.1. The van der Waals surface area contributed by atoms with Crippen molar-refractivity contribution in [2.24, 2.45) is 11.8 Å². The Balaban J connectivity index is 1.92. The number of rotatable bonds is 6. The number of hydrogen-bond acceptors (Lipinski definition) is 6. The van der Waals surface area contributed by atoms with Crippen molar-refractivity contribution in [3.05, 3.63) is 40.0 Å². The fraction of sp³-hybridized carbons (Fsp3) is 0.474. The molecule has 1 aromatic carbocycles. The van der Waals surface area contributed by atoms with Crippen molar-refractivity contribution < 1.29 is 24.4 Å². The van der Waals surface area contributed by atoms with Crippen molar-refractivity contribution in [2.75, 3.05) is 25.1 Å². The van der Waals surface area contributed by atoms with E-state index in [0.717, 1.165) is 5.57 Å². The molecule has 1 fully saturated rings. The summed E-state index contributed by atoms with van der Waals surface area (Å²) in [6.45, 7) is 6.47. The predicted molar refractivity (Wildman–Crippen MR) is 102 cm³/mol. The van der Waals surface area contributed by atoms with Gasteiger partial charge in [0.05, 0.1) is 12.0 Å². The van der Waals surface area contributed by atoms with Crippen LogP contribution in [0.25, 0.3) is 0 Å². The van der Waals surface area contributed by atoms with E-state index < -0.39 is 22.9 Å². The number of carboxylic acids is 1. The highest BCUT2D eigenvalue weighted by Crippen LogP contribution is 2.43. The van der Waals surface area contributed by atoms with E-state index in [9.17, 15) is 24.8 Å². The first-order chi connectivity index (χ1) is 13.3. The Morgan fingerprint density at radius 1 is 1.46 bits per heavy atom. The summed E-state index contributed by atoms with van der Waals surface area (Å²) in [4.78, 5) is 37.0. The molecule has 0 aliphatic carbocycles. The molecule has 3 unspecified atom stereocenters. The maximum atomic E-state index is 13.1. The Labute approximate surface area is 162 Å². The molecule has 0 saturated carbocycles. The van der Waals surface area contributed by atoms with Crippen molar-refractivity contribution in [1.29, 1.82) is 0 Å². The number of fused-ring (bicyclic) bond motifs is 1. The zero-order chi connectivity index (χ0) is 20.6. The zero-order valence-electron chi connectivity index (χ0n) is 15.8. The molecule has 0 bridgehead atoms. The van der Waals surface area contributed by atoms with E-state index in [1.165, 1.54) is 24.1 Å². The first-order valence-corrected chi connectivity index (χ1v) is 9.02. The van der Waals surface area contributed by atoms with Crippen LogP contribution < -0.4 is 15.0 Å². The number of methoxy groups -OCH3 is 1. The van der Waals surface area contributed by atoms with Gasteiger partial charge in [0.1, 0.15) is 17.5 Å². The van der Waals surface area contributed by atoms with Gasteiger partial charge in [-0.05, 0) is 25.3 Å². The van der Waals surface area contributed by atoms with Crippen LogP contribution >= 0.6 is 0 Å². The number of anilines is 1. The van der Waals surface area contributed by atoms with E-state index in [4.69, 9.17) is 4.74 Å². The fourth-order valence-electron chi connectivity index (χ4n) is 4.24. The van der Waals surface area contributed by atoms with Crippen LogP contribution in [0.5, 0.6) is 5.75 Å². The quantitative estimate of drug-likeness (QED) is 0.432. The second kappa shape index (κ2) is 7.59. The Kier molecular flexibility index (Phi) is 5.37. The summed E-state index contributed by atoms with van der Waals surface area (Å²) < 4.78 is 5.29. The van der Waals surface area contributed by atoms with Crippen LogP contribution in [-0.4, -0.2) is 48.1 Å². The van der Waals surface area contributed by atoms with E-state index in [2.05, 4.69) is 11.9 Å². The minimum Gasteiger partial charge on any atom is -0.496 e. The van der Waals surface area contributed by atoms with Gasteiger partial charge in [-0.3, -0.25) is 19.7 Å². The van der Waals surface area contributed by atoms with Crippen LogP contribution in [0.4, 0.5) is 11.4 Å². The molecule has 150 valence electrons. The lowest BCUT2D eigenvalue weighted by Crippen LogP contribution is -2.39. The minimum atomic E-state index is -1.02. The summed E-state index contributed by atoms with van der Waals surface area (Å²) >= 11 is 0. The zero-order valence-corrected chi connectivity index (χ0v) is 15.8. The van der Waals surface area contributed by atoms with Gasteiger partial charge in [-0.1, -0.05) is 12.2 Å². The molecule has 2 N–H and O–H groups in total. The van der Waals surface area contributed by atoms with Crippen molar-refractivity contribution in [3.8, 4) is 5.75 Å². The third-order valence-corrected chi connectivity index (χ3v) is 5.60. The number of nitro benzene ring substituents is 1. The van der Waals surface area contributed by atoms with E-state index >= 15 is 0 Å². The van der Waals surface area contributed by atoms with E-state index in [0.29, 0.717) is 30.8 Å². The number of nitrogens with zero attached hydrogens (tertiary/aromatic N) is 2. The molecule has 1 saturated heterocycles. The summed E-state index contributed by atoms with van der Waals surface area (Å²) in [6, 6.07) is 2.01. The number of ether oxygens (including phenoxy) is 1. The van der Waals surface area contributed by atoms with E-state index in [1.54, 1.807) is 0 Å². The van der Waals surface area contributed by atoms with Crippen LogP contribution in [0.15, 0.2) is 24.3 Å². The number of hydrogen-bond donors (Lipinski definition) is 2. The van der Waals surface area contributed by atoms with Gasteiger partial charge in [0.25, 0.3) is 5.69 Å². The molecule has 9 nitrogen and oxygen atoms in total. The molecule has 28 heavy (non-hydrogen) atoms. The number of nitro groups is 1. The lowest BCUT2D eigenvalue weighted by atomic mass is 9.83. The lowest BCUT2D eigenvalue weighted by Gasteiger charge is -2.25. The number of carbonyl (C=O) groups excluding carboxylic acids is 1. The maximum Gasteiger partial charge on any atom is 0.321 e. The smallest absolute Gasteiger partial charge is 0.321 e. The Morgan fingerprint density at radius 2 is 2.18 bits per heavy atom. The molecule has 2 aliphatic rings. The third-order valence-electron chi connectivity index (χ3n) is 5.60. The van der Waals surface area contributed by atoms with Gasteiger partial charge in [-0.15, -0.1) is 0 Å². The van der Waals surface area contributed by atoms with Crippen LogP contribution in [0.3, 0.4) is 0 Å². The SMILES string of the molecule is C=C(C)C1CNC(C(=O)O)C1CC(=O)N1CCc2c(OC)ccc([N+](=O)[O-])c21. The van der Waals surface area contributed by atoms with Crippen molar-refractivity contribution in [2.45, 2.75) is 25.8 Å².